The minimum atomic E-state index is -0.723. The molecule has 1 aliphatic heterocycles. The number of piperazine rings is 1. The van der Waals surface area contributed by atoms with Crippen molar-refractivity contribution in [3.05, 3.63) is 29.8 Å². The van der Waals surface area contributed by atoms with Crippen molar-refractivity contribution in [3.8, 4) is 0 Å². The SMILES string of the molecule is CCc1ccc(N2CC(=O)NC(C)(C3CC3)C2=O)cc1. The van der Waals surface area contributed by atoms with E-state index in [1.807, 2.05) is 31.2 Å². The lowest BCUT2D eigenvalue weighted by Crippen LogP contribution is -2.66. The minimum absolute atomic E-state index is 0.0175. The van der Waals surface area contributed by atoms with Gasteiger partial charge in [-0.1, -0.05) is 19.1 Å². The Labute approximate surface area is 119 Å². The second-order valence-corrected chi connectivity index (χ2v) is 5.94. The normalized spacial score (nSPS) is 26.6. The summed E-state index contributed by atoms with van der Waals surface area (Å²) in [6.45, 7) is 4.07. The van der Waals surface area contributed by atoms with Crippen LogP contribution in [-0.2, 0) is 16.0 Å². The molecule has 1 N–H and O–H groups in total. The van der Waals surface area contributed by atoms with Crippen LogP contribution in [0, 0.1) is 5.92 Å². The van der Waals surface area contributed by atoms with Crippen LogP contribution in [0.1, 0.15) is 32.3 Å². The molecule has 0 radical (unpaired) electrons. The molecule has 1 aliphatic carbocycles. The zero-order valence-electron chi connectivity index (χ0n) is 12.0. The summed E-state index contributed by atoms with van der Waals surface area (Å²) in [5.41, 5.74) is 1.32. The number of nitrogens with zero attached hydrogens (tertiary/aromatic N) is 1. The van der Waals surface area contributed by atoms with E-state index >= 15 is 0 Å². The molecule has 1 aromatic rings. The van der Waals surface area contributed by atoms with Gasteiger partial charge in [0.1, 0.15) is 12.1 Å². The fourth-order valence-electron chi connectivity index (χ4n) is 2.94. The number of benzene rings is 1. The Balaban J connectivity index is 1.90. The highest BCUT2D eigenvalue weighted by atomic mass is 16.2. The Morgan fingerprint density at radius 3 is 2.45 bits per heavy atom. The van der Waals surface area contributed by atoms with Crippen LogP contribution >= 0.6 is 0 Å². The zero-order chi connectivity index (χ0) is 14.3. The summed E-state index contributed by atoms with van der Waals surface area (Å²) in [6, 6.07) is 7.90. The van der Waals surface area contributed by atoms with Gasteiger partial charge in [0, 0.05) is 5.69 Å². The van der Waals surface area contributed by atoms with Crippen LogP contribution in [0.2, 0.25) is 0 Å². The summed E-state index contributed by atoms with van der Waals surface area (Å²) in [5.74, 6) is 0.235. The third kappa shape index (κ3) is 2.09. The topological polar surface area (TPSA) is 49.4 Å². The quantitative estimate of drug-likeness (QED) is 0.913. The molecular formula is C16H20N2O2. The Morgan fingerprint density at radius 2 is 1.90 bits per heavy atom. The molecule has 0 aromatic heterocycles. The number of carbonyl (C=O) groups excluding carboxylic acids is 2. The standard InChI is InChI=1S/C16H20N2O2/c1-3-11-4-8-13(9-5-11)18-10-14(19)17-16(2,15(18)20)12-6-7-12/h4-5,8-9,12H,3,6-7,10H2,1-2H3,(H,17,19). The molecule has 106 valence electrons. The Hall–Kier alpha value is -1.84. The highest BCUT2D eigenvalue weighted by Crippen LogP contribution is 2.42. The molecule has 4 heteroatoms. The Morgan fingerprint density at radius 1 is 1.25 bits per heavy atom. The molecule has 1 heterocycles. The van der Waals surface area contributed by atoms with Crippen molar-refractivity contribution in [2.24, 2.45) is 5.92 Å². The minimum Gasteiger partial charge on any atom is -0.340 e. The van der Waals surface area contributed by atoms with Crippen molar-refractivity contribution in [1.29, 1.82) is 0 Å². The van der Waals surface area contributed by atoms with Crippen molar-refractivity contribution in [1.82, 2.24) is 5.32 Å². The number of hydrogen-bond acceptors (Lipinski definition) is 2. The van der Waals surface area contributed by atoms with E-state index in [9.17, 15) is 9.59 Å². The number of amides is 2. The molecule has 3 rings (SSSR count). The van der Waals surface area contributed by atoms with E-state index in [4.69, 9.17) is 0 Å². The van der Waals surface area contributed by atoms with E-state index in [-0.39, 0.29) is 24.3 Å². The van der Waals surface area contributed by atoms with E-state index in [0.29, 0.717) is 0 Å². The Bertz CT molecular complexity index is 548. The summed E-state index contributed by atoms with van der Waals surface area (Å²) in [5, 5.41) is 2.90. The van der Waals surface area contributed by atoms with Crippen LogP contribution in [0.15, 0.2) is 24.3 Å². The molecule has 20 heavy (non-hydrogen) atoms. The lowest BCUT2D eigenvalue weighted by molar-refractivity contribution is -0.136. The summed E-state index contributed by atoms with van der Waals surface area (Å²) in [4.78, 5) is 26.3. The van der Waals surface area contributed by atoms with Crippen LogP contribution in [-0.4, -0.2) is 23.9 Å². The lowest BCUT2D eigenvalue weighted by atomic mass is 9.91. The predicted octanol–water partition coefficient (Wildman–Crippen LogP) is 1.88. The maximum absolute atomic E-state index is 12.7. The van der Waals surface area contributed by atoms with Gasteiger partial charge in [0.05, 0.1) is 0 Å². The van der Waals surface area contributed by atoms with Crippen LogP contribution in [0.5, 0.6) is 0 Å². The van der Waals surface area contributed by atoms with Gasteiger partial charge in [0.25, 0.3) is 5.91 Å². The molecule has 4 nitrogen and oxygen atoms in total. The fourth-order valence-corrected chi connectivity index (χ4v) is 2.94. The van der Waals surface area contributed by atoms with E-state index < -0.39 is 5.54 Å². The molecular weight excluding hydrogens is 252 g/mol. The van der Waals surface area contributed by atoms with Crippen LogP contribution in [0.25, 0.3) is 0 Å². The van der Waals surface area contributed by atoms with Crippen molar-refractivity contribution in [2.75, 3.05) is 11.4 Å². The maximum atomic E-state index is 12.7. The average molecular weight is 272 g/mol. The molecule has 2 amide bonds. The summed E-state index contributed by atoms with van der Waals surface area (Å²) in [6.07, 6.45) is 3.00. The largest absolute Gasteiger partial charge is 0.340 e. The van der Waals surface area contributed by atoms with Gasteiger partial charge < -0.3 is 10.2 Å². The molecule has 1 atom stereocenters. The first-order valence-corrected chi connectivity index (χ1v) is 7.26. The van der Waals surface area contributed by atoms with Gasteiger partial charge in [-0.05, 0) is 49.8 Å². The van der Waals surface area contributed by atoms with Crippen LogP contribution in [0.4, 0.5) is 5.69 Å². The molecule has 0 bridgehead atoms. The second kappa shape index (κ2) is 4.62. The smallest absolute Gasteiger partial charge is 0.253 e. The molecule has 1 aromatic carbocycles. The summed E-state index contributed by atoms with van der Waals surface area (Å²) >= 11 is 0. The molecule has 2 fully saturated rings. The van der Waals surface area contributed by atoms with Crippen LogP contribution in [0.3, 0.4) is 0 Å². The third-order valence-corrected chi connectivity index (χ3v) is 4.44. The molecule has 2 aliphatic rings. The molecule has 0 spiro atoms. The van der Waals surface area contributed by atoms with Crippen molar-refractivity contribution in [2.45, 2.75) is 38.6 Å². The maximum Gasteiger partial charge on any atom is 0.253 e. The monoisotopic (exact) mass is 272 g/mol. The molecule has 1 unspecified atom stereocenters. The van der Waals surface area contributed by atoms with Crippen molar-refractivity contribution >= 4 is 17.5 Å². The molecule has 1 saturated heterocycles. The van der Waals surface area contributed by atoms with Crippen LogP contribution < -0.4 is 10.2 Å². The highest BCUT2D eigenvalue weighted by molar-refractivity contribution is 6.09. The van der Waals surface area contributed by atoms with Gasteiger partial charge >= 0.3 is 0 Å². The van der Waals surface area contributed by atoms with E-state index in [0.717, 1.165) is 24.9 Å². The first kappa shape index (κ1) is 13.2. The number of aryl methyl sites for hydroxylation is 1. The molecule has 1 saturated carbocycles. The van der Waals surface area contributed by atoms with Gasteiger partial charge in [0.15, 0.2) is 0 Å². The number of nitrogens with one attached hydrogen (secondary N) is 1. The number of carbonyl (C=O) groups is 2. The van der Waals surface area contributed by atoms with E-state index in [1.54, 1.807) is 4.90 Å². The van der Waals surface area contributed by atoms with Gasteiger partial charge in [-0.2, -0.15) is 0 Å². The summed E-state index contributed by atoms with van der Waals surface area (Å²) < 4.78 is 0. The Kier molecular flexibility index (Phi) is 3.04. The average Bonchev–Trinajstić information content (AvgIpc) is 3.28. The third-order valence-electron chi connectivity index (χ3n) is 4.44. The fraction of sp³-hybridized carbons (Fsp3) is 0.500. The van der Waals surface area contributed by atoms with Gasteiger partial charge in [-0.3, -0.25) is 9.59 Å². The van der Waals surface area contributed by atoms with Gasteiger partial charge in [-0.15, -0.1) is 0 Å². The van der Waals surface area contributed by atoms with Crippen molar-refractivity contribution < 1.29 is 9.59 Å². The van der Waals surface area contributed by atoms with Crippen molar-refractivity contribution in [3.63, 3.8) is 0 Å². The number of hydrogen-bond donors (Lipinski definition) is 1. The van der Waals surface area contributed by atoms with Gasteiger partial charge in [-0.25, -0.2) is 0 Å². The van der Waals surface area contributed by atoms with Gasteiger partial charge in [0.2, 0.25) is 5.91 Å². The number of rotatable bonds is 3. The predicted molar refractivity (Wildman–Crippen MR) is 77.4 cm³/mol. The number of anilines is 1. The second-order valence-electron chi connectivity index (χ2n) is 5.94. The summed E-state index contributed by atoms with van der Waals surface area (Å²) in [7, 11) is 0. The highest BCUT2D eigenvalue weighted by Gasteiger charge is 2.52. The first-order chi connectivity index (χ1) is 9.54. The first-order valence-electron chi connectivity index (χ1n) is 7.26. The zero-order valence-corrected chi connectivity index (χ0v) is 12.0. The van der Waals surface area contributed by atoms with E-state index in [1.165, 1.54) is 5.56 Å². The lowest BCUT2D eigenvalue weighted by Gasteiger charge is -2.40. The van der Waals surface area contributed by atoms with E-state index in [2.05, 4.69) is 12.2 Å².